The van der Waals surface area contributed by atoms with Crippen molar-refractivity contribution in [3.05, 3.63) is 32.8 Å². The fraction of sp³-hybridized carbons (Fsp3) is 0.462. The van der Waals surface area contributed by atoms with E-state index in [1.165, 1.54) is 0 Å². The Hall–Kier alpha value is -1.86. The van der Waals surface area contributed by atoms with Gasteiger partial charge < -0.3 is 15.8 Å². The molecule has 0 radical (unpaired) electrons. The second kappa shape index (κ2) is 6.28. The van der Waals surface area contributed by atoms with Gasteiger partial charge in [-0.3, -0.25) is 14.9 Å². The van der Waals surface area contributed by atoms with Crippen LogP contribution < -0.4 is 11.1 Å². The van der Waals surface area contributed by atoms with Crippen molar-refractivity contribution in [3.8, 4) is 0 Å². The van der Waals surface area contributed by atoms with Crippen LogP contribution in [0.2, 0.25) is 5.02 Å². The minimum atomic E-state index is -0.615. The number of nitro benzene ring substituents is 1. The lowest BCUT2D eigenvalue weighted by molar-refractivity contribution is -0.384. The van der Waals surface area contributed by atoms with Gasteiger partial charge in [-0.05, 0) is 19.8 Å². The molecule has 7 nitrogen and oxygen atoms in total. The summed E-state index contributed by atoms with van der Waals surface area (Å²) in [6.07, 6.45) is 1.61. The number of halogens is 1. The molecule has 3 N–H and O–H groups in total. The average molecular weight is 314 g/mol. The quantitative estimate of drug-likeness (QED) is 0.492. The van der Waals surface area contributed by atoms with Gasteiger partial charge in [0.1, 0.15) is 0 Å². The summed E-state index contributed by atoms with van der Waals surface area (Å²) in [7, 11) is 0. The molecule has 0 heterocycles. The SMILES string of the molecule is CCOC1CC(NC(=O)c2cc([N+](=O)[O-])cc(Cl)c2N)C1. The Morgan fingerprint density at radius 3 is 2.81 bits per heavy atom. The van der Waals surface area contributed by atoms with E-state index in [9.17, 15) is 14.9 Å². The van der Waals surface area contributed by atoms with Crippen LogP contribution in [0.1, 0.15) is 30.1 Å². The molecule has 21 heavy (non-hydrogen) atoms. The summed E-state index contributed by atoms with van der Waals surface area (Å²) in [5.41, 5.74) is 5.52. The predicted molar refractivity (Wildman–Crippen MR) is 78.4 cm³/mol. The Balaban J connectivity index is 2.07. The molecule has 1 aromatic carbocycles. The minimum absolute atomic E-state index is 0.00449. The number of hydrogen-bond donors (Lipinski definition) is 2. The van der Waals surface area contributed by atoms with Gasteiger partial charge >= 0.3 is 0 Å². The first-order valence-electron chi connectivity index (χ1n) is 6.58. The van der Waals surface area contributed by atoms with Crippen LogP contribution >= 0.6 is 11.6 Å². The molecule has 8 heteroatoms. The molecule has 2 rings (SSSR count). The summed E-state index contributed by atoms with van der Waals surface area (Å²) in [6.45, 7) is 2.55. The van der Waals surface area contributed by atoms with E-state index < -0.39 is 10.8 Å². The van der Waals surface area contributed by atoms with E-state index in [1.807, 2.05) is 6.92 Å². The molecule has 0 aliphatic heterocycles. The molecule has 1 fully saturated rings. The first-order valence-corrected chi connectivity index (χ1v) is 6.96. The number of carbonyl (C=O) groups is 1. The average Bonchev–Trinajstić information content (AvgIpc) is 2.38. The van der Waals surface area contributed by atoms with Crippen LogP contribution in [-0.4, -0.2) is 29.6 Å². The van der Waals surface area contributed by atoms with Gasteiger partial charge in [0.05, 0.1) is 27.3 Å². The zero-order valence-electron chi connectivity index (χ0n) is 11.5. The molecular weight excluding hydrogens is 298 g/mol. The van der Waals surface area contributed by atoms with Gasteiger partial charge in [0, 0.05) is 24.8 Å². The third-order valence-electron chi connectivity index (χ3n) is 3.40. The van der Waals surface area contributed by atoms with Crippen molar-refractivity contribution in [2.24, 2.45) is 0 Å². The van der Waals surface area contributed by atoms with Gasteiger partial charge in [-0.2, -0.15) is 0 Å². The molecule has 1 saturated carbocycles. The maximum absolute atomic E-state index is 12.1. The van der Waals surface area contributed by atoms with Crippen molar-refractivity contribution in [1.82, 2.24) is 5.32 Å². The highest BCUT2D eigenvalue weighted by Crippen LogP contribution is 2.30. The van der Waals surface area contributed by atoms with Crippen molar-refractivity contribution >= 4 is 28.9 Å². The number of nitrogens with zero attached hydrogens (tertiary/aromatic N) is 1. The molecule has 0 unspecified atom stereocenters. The number of carbonyl (C=O) groups excluding carboxylic acids is 1. The van der Waals surface area contributed by atoms with Crippen LogP contribution in [-0.2, 0) is 4.74 Å². The van der Waals surface area contributed by atoms with Crippen LogP contribution in [0.15, 0.2) is 12.1 Å². The summed E-state index contributed by atoms with van der Waals surface area (Å²) in [4.78, 5) is 22.3. The van der Waals surface area contributed by atoms with E-state index in [2.05, 4.69) is 5.32 Å². The van der Waals surface area contributed by atoms with Gasteiger partial charge in [-0.15, -0.1) is 0 Å². The number of nitrogens with one attached hydrogen (secondary N) is 1. The normalized spacial score (nSPS) is 20.7. The van der Waals surface area contributed by atoms with Crippen molar-refractivity contribution in [1.29, 1.82) is 0 Å². The maximum Gasteiger partial charge on any atom is 0.271 e. The van der Waals surface area contributed by atoms with Gasteiger partial charge in [-0.1, -0.05) is 11.6 Å². The first-order chi connectivity index (χ1) is 9.92. The predicted octanol–water partition coefficient (Wildman–Crippen LogP) is 2.13. The number of rotatable bonds is 5. The molecular formula is C13H16ClN3O4. The number of amides is 1. The van der Waals surface area contributed by atoms with E-state index in [1.54, 1.807) is 0 Å². The number of anilines is 1. The lowest BCUT2D eigenvalue weighted by atomic mass is 9.89. The van der Waals surface area contributed by atoms with E-state index in [-0.39, 0.29) is 34.1 Å². The van der Waals surface area contributed by atoms with Crippen LogP contribution in [0.3, 0.4) is 0 Å². The standard InChI is InChI=1S/C13H16ClN3O4/c1-2-21-9-3-7(4-9)16-13(18)10-5-8(17(19)20)6-11(14)12(10)15/h5-7,9H,2-4,15H2,1H3,(H,16,18). The van der Waals surface area contributed by atoms with E-state index >= 15 is 0 Å². The summed E-state index contributed by atoms with van der Waals surface area (Å²) in [6, 6.07) is 2.25. The largest absolute Gasteiger partial charge is 0.397 e. The highest BCUT2D eigenvalue weighted by Gasteiger charge is 2.31. The van der Waals surface area contributed by atoms with Gasteiger partial charge in [0.25, 0.3) is 11.6 Å². The first kappa shape index (κ1) is 15.5. The van der Waals surface area contributed by atoms with Crippen LogP contribution in [0.5, 0.6) is 0 Å². The fourth-order valence-electron chi connectivity index (χ4n) is 2.22. The summed E-state index contributed by atoms with van der Waals surface area (Å²) >= 11 is 5.83. The summed E-state index contributed by atoms with van der Waals surface area (Å²) in [5, 5.41) is 13.6. The van der Waals surface area contributed by atoms with Crippen LogP contribution in [0.25, 0.3) is 0 Å². The minimum Gasteiger partial charge on any atom is -0.397 e. The third kappa shape index (κ3) is 3.43. The Morgan fingerprint density at radius 1 is 1.57 bits per heavy atom. The molecule has 0 aromatic heterocycles. The second-order valence-electron chi connectivity index (χ2n) is 4.87. The van der Waals surface area contributed by atoms with Crippen molar-refractivity contribution in [2.45, 2.75) is 31.9 Å². The molecule has 1 aliphatic rings. The maximum atomic E-state index is 12.1. The lowest BCUT2D eigenvalue weighted by Gasteiger charge is -2.35. The zero-order valence-corrected chi connectivity index (χ0v) is 12.2. The summed E-state index contributed by atoms with van der Waals surface area (Å²) in [5.74, 6) is -0.460. The Bertz CT molecular complexity index is 573. The van der Waals surface area contributed by atoms with Crippen LogP contribution in [0.4, 0.5) is 11.4 Å². The van der Waals surface area contributed by atoms with Crippen molar-refractivity contribution in [3.63, 3.8) is 0 Å². The smallest absolute Gasteiger partial charge is 0.271 e. The number of nitrogens with two attached hydrogens (primary N) is 1. The molecule has 1 aromatic rings. The topological polar surface area (TPSA) is 107 Å². The van der Waals surface area contributed by atoms with Crippen molar-refractivity contribution in [2.75, 3.05) is 12.3 Å². The molecule has 114 valence electrons. The van der Waals surface area contributed by atoms with Gasteiger partial charge in [0.15, 0.2) is 0 Å². The van der Waals surface area contributed by atoms with E-state index in [4.69, 9.17) is 22.1 Å². The third-order valence-corrected chi connectivity index (χ3v) is 3.71. The number of nitro groups is 1. The van der Waals surface area contributed by atoms with E-state index in [0.717, 1.165) is 25.0 Å². The lowest BCUT2D eigenvalue weighted by Crippen LogP contribution is -2.47. The number of hydrogen-bond acceptors (Lipinski definition) is 5. The highest BCUT2D eigenvalue weighted by atomic mass is 35.5. The molecule has 1 amide bonds. The number of ether oxygens (including phenoxy) is 1. The van der Waals surface area contributed by atoms with E-state index in [0.29, 0.717) is 6.61 Å². The number of nitrogen functional groups attached to an aromatic ring is 1. The fourth-order valence-corrected chi connectivity index (χ4v) is 2.43. The Labute approximate surface area is 126 Å². The Kier molecular flexibility index (Phi) is 4.64. The monoisotopic (exact) mass is 313 g/mol. The number of non-ortho nitro benzene ring substituents is 1. The highest BCUT2D eigenvalue weighted by molar-refractivity contribution is 6.34. The van der Waals surface area contributed by atoms with Gasteiger partial charge in [0.2, 0.25) is 0 Å². The summed E-state index contributed by atoms with van der Waals surface area (Å²) < 4.78 is 5.40. The van der Waals surface area contributed by atoms with Gasteiger partial charge in [-0.25, -0.2) is 0 Å². The second-order valence-corrected chi connectivity index (χ2v) is 5.27. The van der Waals surface area contributed by atoms with Crippen LogP contribution in [0, 0.1) is 10.1 Å². The molecule has 0 spiro atoms. The van der Waals surface area contributed by atoms with Crippen molar-refractivity contribution < 1.29 is 14.5 Å². The molecule has 0 atom stereocenters. The zero-order chi connectivity index (χ0) is 15.6. The molecule has 0 saturated heterocycles. The Morgan fingerprint density at radius 2 is 2.24 bits per heavy atom. The molecule has 0 bridgehead atoms. The number of benzene rings is 1. The molecule has 1 aliphatic carbocycles.